The Kier molecular flexibility index (Phi) is 4.76. The van der Waals surface area contributed by atoms with Crippen molar-refractivity contribution in [3.63, 3.8) is 0 Å². The Labute approximate surface area is 109 Å². The van der Waals surface area contributed by atoms with E-state index in [2.05, 4.69) is 36.1 Å². The van der Waals surface area contributed by atoms with Gasteiger partial charge in [-0.05, 0) is 25.7 Å². The predicted octanol–water partition coefficient (Wildman–Crippen LogP) is 2.69. The molecule has 0 bridgehead atoms. The number of nitrogens with zero attached hydrogens (tertiary/aromatic N) is 2. The minimum atomic E-state index is 0.0436. The van der Waals surface area contributed by atoms with Crippen LogP contribution in [0.2, 0.25) is 0 Å². The van der Waals surface area contributed by atoms with Gasteiger partial charge in [-0.1, -0.05) is 20.8 Å². The van der Waals surface area contributed by atoms with Crippen molar-refractivity contribution in [1.29, 1.82) is 0 Å². The van der Waals surface area contributed by atoms with Crippen LogP contribution in [0, 0.1) is 5.41 Å². The summed E-state index contributed by atoms with van der Waals surface area (Å²) in [6.45, 7) is 11.2. The molecule has 0 spiro atoms. The minimum absolute atomic E-state index is 0.0436. The Balaban J connectivity index is 2.78. The minimum Gasteiger partial charge on any atom is -0.473 e. The zero-order valence-corrected chi connectivity index (χ0v) is 11.9. The first-order chi connectivity index (χ1) is 8.35. The summed E-state index contributed by atoms with van der Waals surface area (Å²) in [6.07, 6.45) is 2.59. The normalized spacial score (nSPS) is 11.7. The van der Waals surface area contributed by atoms with Gasteiger partial charge >= 0.3 is 0 Å². The molecule has 3 N–H and O–H groups in total. The molecule has 5 nitrogen and oxygen atoms in total. The summed E-state index contributed by atoms with van der Waals surface area (Å²) in [5, 5.41) is 3.26. The van der Waals surface area contributed by atoms with Crippen LogP contribution in [-0.2, 0) is 0 Å². The highest BCUT2D eigenvalue weighted by atomic mass is 16.5. The third kappa shape index (κ3) is 4.05. The van der Waals surface area contributed by atoms with Crippen molar-refractivity contribution < 1.29 is 4.74 Å². The van der Waals surface area contributed by atoms with Crippen LogP contribution in [0.3, 0.4) is 0 Å². The summed E-state index contributed by atoms with van der Waals surface area (Å²) in [4.78, 5) is 8.20. The van der Waals surface area contributed by atoms with Crippen LogP contribution in [-0.4, -0.2) is 22.6 Å². The van der Waals surface area contributed by atoms with Crippen molar-refractivity contribution in [2.24, 2.45) is 5.41 Å². The molecule has 1 rings (SSSR count). The lowest BCUT2D eigenvalue weighted by molar-refractivity contribution is 0.234. The Hall–Kier alpha value is -1.52. The lowest BCUT2D eigenvalue weighted by Crippen LogP contribution is -2.23. The second kappa shape index (κ2) is 5.89. The number of ether oxygens (including phenoxy) is 1. The zero-order valence-electron chi connectivity index (χ0n) is 11.9. The van der Waals surface area contributed by atoms with Gasteiger partial charge < -0.3 is 15.8 Å². The first-order valence-corrected chi connectivity index (χ1v) is 6.36. The Morgan fingerprint density at radius 2 is 2.06 bits per heavy atom. The largest absolute Gasteiger partial charge is 0.473 e. The molecule has 0 amide bonds. The Morgan fingerprint density at radius 3 is 2.61 bits per heavy atom. The van der Waals surface area contributed by atoms with Gasteiger partial charge in [-0.25, -0.2) is 4.98 Å². The van der Waals surface area contributed by atoms with E-state index < -0.39 is 0 Å². The third-order valence-corrected chi connectivity index (χ3v) is 2.89. The molecular weight excluding hydrogens is 228 g/mol. The highest BCUT2D eigenvalue weighted by Crippen LogP contribution is 2.27. The van der Waals surface area contributed by atoms with E-state index in [0.717, 1.165) is 13.0 Å². The van der Waals surface area contributed by atoms with Gasteiger partial charge in [0.05, 0.1) is 6.10 Å². The maximum absolute atomic E-state index is 5.99. The number of hydrogen-bond donors (Lipinski definition) is 2. The van der Waals surface area contributed by atoms with Gasteiger partial charge in [0.2, 0.25) is 5.88 Å². The van der Waals surface area contributed by atoms with Gasteiger partial charge in [-0.15, -0.1) is 0 Å². The number of nitrogens with one attached hydrogen (secondary N) is 1. The van der Waals surface area contributed by atoms with Crippen molar-refractivity contribution >= 4 is 11.5 Å². The van der Waals surface area contributed by atoms with Crippen LogP contribution in [0.4, 0.5) is 11.5 Å². The van der Waals surface area contributed by atoms with Crippen LogP contribution in [0.1, 0.15) is 41.0 Å². The van der Waals surface area contributed by atoms with E-state index in [1.807, 2.05) is 13.8 Å². The van der Waals surface area contributed by atoms with Crippen LogP contribution in [0.25, 0.3) is 0 Å². The monoisotopic (exact) mass is 252 g/mol. The second-order valence-electron chi connectivity index (χ2n) is 5.48. The molecule has 1 heterocycles. The van der Waals surface area contributed by atoms with Gasteiger partial charge in [-0.3, -0.25) is 0 Å². The Bertz CT molecular complexity index is 391. The first kappa shape index (κ1) is 14.5. The quantitative estimate of drug-likeness (QED) is 0.814. The van der Waals surface area contributed by atoms with Crippen LogP contribution in [0.5, 0.6) is 5.88 Å². The summed E-state index contributed by atoms with van der Waals surface area (Å²) in [5.74, 6) is 1.08. The highest BCUT2D eigenvalue weighted by Gasteiger charge is 2.17. The van der Waals surface area contributed by atoms with Gasteiger partial charge in [0.25, 0.3) is 0 Å². The molecule has 5 heteroatoms. The van der Waals surface area contributed by atoms with E-state index in [1.54, 1.807) is 0 Å². The van der Waals surface area contributed by atoms with E-state index in [1.165, 1.54) is 6.33 Å². The number of rotatable bonds is 6. The number of nitrogens with two attached hydrogens (primary N) is 1. The predicted molar refractivity (Wildman–Crippen MR) is 74.8 cm³/mol. The lowest BCUT2D eigenvalue weighted by Gasteiger charge is -2.23. The van der Waals surface area contributed by atoms with Crippen molar-refractivity contribution in [3.8, 4) is 5.88 Å². The Morgan fingerprint density at radius 1 is 1.39 bits per heavy atom. The molecule has 18 heavy (non-hydrogen) atoms. The summed E-state index contributed by atoms with van der Waals surface area (Å²) >= 11 is 0. The van der Waals surface area contributed by atoms with Crippen molar-refractivity contribution in [2.75, 3.05) is 17.6 Å². The average molecular weight is 252 g/mol. The fourth-order valence-electron chi connectivity index (χ4n) is 1.29. The van der Waals surface area contributed by atoms with Gasteiger partial charge in [-0.2, -0.15) is 4.98 Å². The summed E-state index contributed by atoms with van der Waals surface area (Å²) < 4.78 is 5.53. The zero-order chi connectivity index (χ0) is 13.8. The molecule has 1 aromatic heterocycles. The molecule has 0 unspecified atom stereocenters. The fourth-order valence-corrected chi connectivity index (χ4v) is 1.29. The van der Waals surface area contributed by atoms with E-state index >= 15 is 0 Å². The van der Waals surface area contributed by atoms with E-state index in [9.17, 15) is 0 Å². The number of anilines is 2. The molecule has 0 aliphatic carbocycles. The van der Waals surface area contributed by atoms with Crippen LogP contribution < -0.4 is 15.8 Å². The van der Waals surface area contributed by atoms with Gasteiger partial charge in [0.1, 0.15) is 12.0 Å². The van der Waals surface area contributed by atoms with E-state index in [0.29, 0.717) is 17.4 Å². The van der Waals surface area contributed by atoms with Gasteiger partial charge in [0.15, 0.2) is 5.82 Å². The molecule has 0 aromatic carbocycles. The standard InChI is InChI=1S/C13H24N4O/c1-6-13(4,5)7-15-11-10(14)12(17-8-16-11)18-9(2)3/h8-9H,6-7,14H2,1-5H3,(H,15,16,17). The van der Waals surface area contributed by atoms with Gasteiger partial charge in [0, 0.05) is 6.54 Å². The van der Waals surface area contributed by atoms with Crippen LogP contribution >= 0.6 is 0 Å². The van der Waals surface area contributed by atoms with E-state index in [4.69, 9.17) is 10.5 Å². The molecule has 0 aliphatic rings. The number of nitrogen functional groups attached to an aromatic ring is 1. The van der Waals surface area contributed by atoms with E-state index in [-0.39, 0.29) is 11.5 Å². The lowest BCUT2D eigenvalue weighted by atomic mass is 9.90. The molecule has 0 radical (unpaired) electrons. The molecule has 102 valence electrons. The van der Waals surface area contributed by atoms with Crippen LogP contribution in [0.15, 0.2) is 6.33 Å². The maximum atomic E-state index is 5.99. The third-order valence-electron chi connectivity index (χ3n) is 2.89. The maximum Gasteiger partial charge on any atom is 0.242 e. The molecular formula is C13H24N4O. The average Bonchev–Trinajstić information content (AvgIpc) is 2.30. The molecule has 0 saturated heterocycles. The number of aromatic nitrogens is 2. The topological polar surface area (TPSA) is 73.1 Å². The second-order valence-corrected chi connectivity index (χ2v) is 5.48. The highest BCUT2D eigenvalue weighted by molar-refractivity contribution is 5.66. The first-order valence-electron chi connectivity index (χ1n) is 6.36. The molecule has 0 fully saturated rings. The molecule has 0 saturated carbocycles. The molecule has 1 aromatic rings. The fraction of sp³-hybridized carbons (Fsp3) is 0.692. The smallest absolute Gasteiger partial charge is 0.242 e. The SMILES string of the molecule is CCC(C)(C)CNc1ncnc(OC(C)C)c1N. The van der Waals surface area contributed by atoms with Crippen molar-refractivity contribution in [2.45, 2.75) is 47.1 Å². The summed E-state index contributed by atoms with van der Waals surface area (Å²) in [5.41, 5.74) is 6.67. The molecule has 0 aliphatic heterocycles. The molecule has 0 atom stereocenters. The summed E-state index contributed by atoms with van der Waals surface area (Å²) in [6, 6.07) is 0. The van der Waals surface area contributed by atoms with Crippen molar-refractivity contribution in [1.82, 2.24) is 9.97 Å². The summed E-state index contributed by atoms with van der Waals surface area (Å²) in [7, 11) is 0. The van der Waals surface area contributed by atoms with Crippen molar-refractivity contribution in [3.05, 3.63) is 6.33 Å². The number of hydrogen-bond acceptors (Lipinski definition) is 5.